The fourth-order valence-electron chi connectivity index (χ4n) is 2.55. The predicted octanol–water partition coefficient (Wildman–Crippen LogP) is 3.23. The second-order valence-corrected chi connectivity index (χ2v) is 5.22. The molecule has 0 spiro atoms. The maximum absolute atomic E-state index is 6.21. The van der Waals surface area contributed by atoms with Crippen molar-refractivity contribution >= 4 is 17.3 Å². The predicted molar refractivity (Wildman–Crippen MR) is 75.1 cm³/mol. The fourth-order valence-corrected chi connectivity index (χ4v) is 2.72. The van der Waals surface area contributed by atoms with E-state index in [0.29, 0.717) is 6.04 Å². The molecule has 0 amide bonds. The molecule has 1 aliphatic heterocycles. The van der Waals surface area contributed by atoms with Crippen molar-refractivity contribution in [1.29, 1.82) is 0 Å². The van der Waals surface area contributed by atoms with Crippen LogP contribution in [0.1, 0.15) is 24.8 Å². The first-order valence-electron chi connectivity index (χ1n) is 6.40. The van der Waals surface area contributed by atoms with E-state index in [1.165, 1.54) is 24.9 Å². The topological polar surface area (TPSA) is 15.3 Å². The van der Waals surface area contributed by atoms with Crippen LogP contribution in [0.2, 0.25) is 5.02 Å². The van der Waals surface area contributed by atoms with Crippen LogP contribution in [-0.2, 0) is 0 Å². The van der Waals surface area contributed by atoms with Crippen molar-refractivity contribution in [2.45, 2.75) is 32.2 Å². The Morgan fingerprint density at radius 2 is 2.29 bits per heavy atom. The lowest BCUT2D eigenvalue weighted by atomic mass is 10.1. The van der Waals surface area contributed by atoms with Crippen LogP contribution in [0.3, 0.4) is 0 Å². The lowest BCUT2D eigenvalue weighted by molar-refractivity contribution is 0.585. The van der Waals surface area contributed by atoms with Crippen LogP contribution in [0.5, 0.6) is 0 Å². The molecule has 0 aromatic heterocycles. The number of aryl methyl sites for hydroxylation is 1. The van der Waals surface area contributed by atoms with Crippen LogP contribution in [-0.4, -0.2) is 26.2 Å². The molecule has 0 aliphatic carbocycles. The van der Waals surface area contributed by atoms with Gasteiger partial charge in [0.2, 0.25) is 0 Å². The van der Waals surface area contributed by atoms with Gasteiger partial charge in [0.25, 0.3) is 0 Å². The van der Waals surface area contributed by atoms with Gasteiger partial charge in [0.05, 0.1) is 0 Å². The Kier molecular flexibility index (Phi) is 4.30. The summed E-state index contributed by atoms with van der Waals surface area (Å²) in [7, 11) is 2.02. The quantitative estimate of drug-likeness (QED) is 0.885. The van der Waals surface area contributed by atoms with Gasteiger partial charge in [0.1, 0.15) is 0 Å². The summed E-state index contributed by atoms with van der Waals surface area (Å²) >= 11 is 6.21. The largest absolute Gasteiger partial charge is 0.368 e. The zero-order valence-electron chi connectivity index (χ0n) is 10.7. The lowest BCUT2D eigenvalue weighted by Crippen LogP contribution is -2.31. The second kappa shape index (κ2) is 5.74. The summed E-state index contributed by atoms with van der Waals surface area (Å²) in [5.74, 6) is 0. The van der Waals surface area contributed by atoms with E-state index in [-0.39, 0.29) is 0 Å². The number of hydrogen-bond donors (Lipinski definition) is 1. The SMILES string of the molecule is CNCCC1CCCN1c1ccc(C)c(Cl)c1. The Hall–Kier alpha value is -0.730. The number of nitrogens with zero attached hydrogens (tertiary/aromatic N) is 1. The molecule has 1 saturated heterocycles. The van der Waals surface area contributed by atoms with E-state index >= 15 is 0 Å². The number of rotatable bonds is 4. The summed E-state index contributed by atoms with van der Waals surface area (Å²) in [5.41, 5.74) is 2.43. The Morgan fingerprint density at radius 1 is 1.47 bits per heavy atom. The van der Waals surface area contributed by atoms with E-state index in [4.69, 9.17) is 11.6 Å². The molecule has 2 rings (SSSR count). The molecule has 2 nitrogen and oxygen atoms in total. The smallest absolute Gasteiger partial charge is 0.0455 e. The highest BCUT2D eigenvalue weighted by Gasteiger charge is 2.24. The molecule has 1 N–H and O–H groups in total. The van der Waals surface area contributed by atoms with Gasteiger partial charge >= 0.3 is 0 Å². The molecular formula is C14H21ClN2. The number of anilines is 1. The molecular weight excluding hydrogens is 232 g/mol. The van der Waals surface area contributed by atoms with Gasteiger partial charge in [-0.2, -0.15) is 0 Å². The van der Waals surface area contributed by atoms with Crippen molar-refractivity contribution in [3.05, 3.63) is 28.8 Å². The molecule has 17 heavy (non-hydrogen) atoms. The molecule has 3 heteroatoms. The summed E-state index contributed by atoms with van der Waals surface area (Å²) in [4.78, 5) is 2.50. The third-order valence-corrected chi connectivity index (χ3v) is 4.00. The van der Waals surface area contributed by atoms with Gasteiger partial charge in [-0.3, -0.25) is 0 Å². The number of hydrogen-bond acceptors (Lipinski definition) is 2. The average Bonchev–Trinajstić information content (AvgIpc) is 2.78. The molecule has 1 aromatic carbocycles. The molecule has 1 aliphatic rings. The van der Waals surface area contributed by atoms with Crippen LogP contribution >= 0.6 is 11.6 Å². The minimum atomic E-state index is 0.668. The van der Waals surface area contributed by atoms with Crippen LogP contribution in [0.4, 0.5) is 5.69 Å². The van der Waals surface area contributed by atoms with Gasteiger partial charge in [0, 0.05) is 23.3 Å². The Balaban J connectivity index is 2.11. The summed E-state index contributed by atoms with van der Waals surface area (Å²) < 4.78 is 0. The van der Waals surface area contributed by atoms with Gasteiger partial charge in [-0.05, 0) is 57.5 Å². The van der Waals surface area contributed by atoms with Gasteiger partial charge in [-0.1, -0.05) is 17.7 Å². The first-order valence-corrected chi connectivity index (χ1v) is 6.77. The standard InChI is InChI=1S/C14H21ClN2/c1-11-5-6-13(10-14(11)15)17-9-3-4-12(17)7-8-16-2/h5-6,10,12,16H,3-4,7-9H2,1-2H3. The summed E-state index contributed by atoms with van der Waals surface area (Å²) in [6.45, 7) is 4.29. The normalized spacial score (nSPS) is 19.9. The van der Waals surface area contributed by atoms with Crippen LogP contribution in [0.25, 0.3) is 0 Å². The van der Waals surface area contributed by atoms with Crippen molar-refractivity contribution in [3.8, 4) is 0 Å². The van der Waals surface area contributed by atoms with Gasteiger partial charge in [-0.25, -0.2) is 0 Å². The molecule has 1 atom stereocenters. The summed E-state index contributed by atoms with van der Waals surface area (Å²) in [6, 6.07) is 7.08. The molecule has 0 bridgehead atoms. The molecule has 94 valence electrons. The highest BCUT2D eigenvalue weighted by Crippen LogP contribution is 2.30. The zero-order valence-corrected chi connectivity index (χ0v) is 11.4. The second-order valence-electron chi connectivity index (χ2n) is 4.82. The van der Waals surface area contributed by atoms with Crippen LogP contribution in [0, 0.1) is 6.92 Å². The molecule has 1 aromatic rings. The van der Waals surface area contributed by atoms with Crippen molar-refractivity contribution in [1.82, 2.24) is 5.32 Å². The maximum atomic E-state index is 6.21. The Morgan fingerprint density at radius 3 is 3.00 bits per heavy atom. The molecule has 1 unspecified atom stereocenters. The van der Waals surface area contributed by atoms with Crippen molar-refractivity contribution in [3.63, 3.8) is 0 Å². The number of benzene rings is 1. The Labute approximate surface area is 109 Å². The van der Waals surface area contributed by atoms with E-state index in [0.717, 1.165) is 23.7 Å². The van der Waals surface area contributed by atoms with E-state index in [9.17, 15) is 0 Å². The fraction of sp³-hybridized carbons (Fsp3) is 0.571. The Bertz CT molecular complexity index is 378. The zero-order chi connectivity index (χ0) is 12.3. The van der Waals surface area contributed by atoms with Crippen molar-refractivity contribution in [2.75, 3.05) is 25.0 Å². The monoisotopic (exact) mass is 252 g/mol. The highest BCUT2D eigenvalue weighted by molar-refractivity contribution is 6.31. The van der Waals surface area contributed by atoms with E-state index in [2.05, 4.69) is 35.3 Å². The molecule has 0 saturated carbocycles. The highest BCUT2D eigenvalue weighted by atomic mass is 35.5. The van der Waals surface area contributed by atoms with E-state index in [1.54, 1.807) is 0 Å². The third-order valence-electron chi connectivity index (χ3n) is 3.59. The molecule has 0 radical (unpaired) electrons. The van der Waals surface area contributed by atoms with Crippen molar-refractivity contribution in [2.24, 2.45) is 0 Å². The van der Waals surface area contributed by atoms with E-state index < -0.39 is 0 Å². The molecule has 1 fully saturated rings. The molecule has 1 heterocycles. The van der Waals surface area contributed by atoms with Gasteiger partial charge in [0.15, 0.2) is 0 Å². The minimum Gasteiger partial charge on any atom is -0.368 e. The third kappa shape index (κ3) is 2.93. The van der Waals surface area contributed by atoms with Crippen LogP contribution in [0.15, 0.2) is 18.2 Å². The van der Waals surface area contributed by atoms with Crippen LogP contribution < -0.4 is 10.2 Å². The summed E-state index contributed by atoms with van der Waals surface area (Å²) in [5, 5.41) is 4.11. The maximum Gasteiger partial charge on any atom is 0.0455 e. The summed E-state index contributed by atoms with van der Waals surface area (Å²) in [6.07, 6.45) is 3.80. The minimum absolute atomic E-state index is 0.668. The first-order chi connectivity index (χ1) is 8.22. The van der Waals surface area contributed by atoms with Gasteiger partial charge < -0.3 is 10.2 Å². The first kappa shape index (κ1) is 12.7. The number of nitrogens with one attached hydrogen (secondary N) is 1. The van der Waals surface area contributed by atoms with E-state index in [1.807, 2.05) is 7.05 Å². The van der Waals surface area contributed by atoms with Gasteiger partial charge in [-0.15, -0.1) is 0 Å². The van der Waals surface area contributed by atoms with Crippen molar-refractivity contribution < 1.29 is 0 Å². The lowest BCUT2D eigenvalue weighted by Gasteiger charge is -2.27. The average molecular weight is 253 g/mol. The number of halogens is 1.